The van der Waals surface area contributed by atoms with Crippen LogP contribution >= 0.6 is 0 Å². The van der Waals surface area contributed by atoms with Crippen LogP contribution in [0.1, 0.15) is 48.0 Å². The first-order valence-electron chi connectivity index (χ1n) is 11.4. The van der Waals surface area contributed by atoms with Gasteiger partial charge < -0.3 is 15.8 Å². The van der Waals surface area contributed by atoms with E-state index >= 15 is 0 Å². The molecule has 37 heavy (non-hydrogen) atoms. The number of aromatic nitrogens is 3. The molecule has 0 saturated carbocycles. The third kappa shape index (κ3) is 4.72. The second-order valence-electron chi connectivity index (χ2n) is 8.50. The fraction of sp³-hybridized carbons (Fsp3) is 0.111. The fourth-order valence-electron chi connectivity index (χ4n) is 3.97. The highest BCUT2D eigenvalue weighted by atomic mass is 16.5. The average molecular weight is 495 g/mol. The van der Waals surface area contributed by atoms with Crippen molar-refractivity contribution in [1.29, 1.82) is 0 Å². The van der Waals surface area contributed by atoms with E-state index in [2.05, 4.69) is 20.3 Å². The summed E-state index contributed by atoms with van der Waals surface area (Å²) in [5.74, 6) is -1.32. The average Bonchev–Trinajstić information content (AvgIpc) is 3.13. The number of hydrogen-bond donors (Lipinski definition) is 2. The Bertz CT molecular complexity index is 1550. The van der Waals surface area contributed by atoms with Crippen LogP contribution in [-0.2, 0) is 11.3 Å². The number of benzene rings is 3. The molecule has 0 fully saturated rings. The number of para-hydroxylation sites is 1. The van der Waals surface area contributed by atoms with Crippen LogP contribution in [0.25, 0.3) is 0 Å². The molecule has 4 aromatic rings. The van der Waals surface area contributed by atoms with Crippen molar-refractivity contribution < 1.29 is 19.1 Å². The molecular formula is C27H22N6O4. The van der Waals surface area contributed by atoms with E-state index in [-0.39, 0.29) is 41.0 Å². The number of nitrogens with two attached hydrogens (primary N) is 1. The van der Waals surface area contributed by atoms with Gasteiger partial charge in [0.25, 0.3) is 11.8 Å². The van der Waals surface area contributed by atoms with Gasteiger partial charge in [0.1, 0.15) is 0 Å². The van der Waals surface area contributed by atoms with Gasteiger partial charge in [0.15, 0.2) is 12.4 Å². The number of anilines is 4. The molecular weight excluding hydrogens is 472 g/mol. The first-order chi connectivity index (χ1) is 17.8. The first-order valence-corrected chi connectivity index (χ1v) is 11.4. The SMILES string of the molecule is Cc1ccc(C)c(N2C(=O)c3ccc(C(=O)OCc4nc(N)nc(Nc5ccccc5)n4)cc3C2=O)c1. The highest BCUT2D eigenvalue weighted by Crippen LogP contribution is 2.32. The summed E-state index contributed by atoms with van der Waals surface area (Å²) in [6, 6.07) is 19.1. The predicted octanol–water partition coefficient (Wildman–Crippen LogP) is 3.97. The van der Waals surface area contributed by atoms with E-state index in [0.717, 1.165) is 21.7 Å². The van der Waals surface area contributed by atoms with Gasteiger partial charge in [0.05, 0.1) is 22.4 Å². The second kappa shape index (κ2) is 9.50. The molecule has 3 aromatic carbocycles. The first kappa shape index (κ1) is 23.6. The van der Waals surface area contributed by atoms with Crippen LogP contribution in [0.4, 0.5) is 23.3 Å². The third-order valence-corrected chi connectivity index (χ3v) is 5.79. The number of fused-ring (bicyclic) bond motifs is 1. The van der Waals surface area contributed by atoms with Crippen LogP contribution in [-0.4, -0.2) is 32.7 Å². The molecule has 10 nitrogen and oxygen atoms in total. The van der Waals surface area contributed by atoms with E-state index < -0.39 is 17.8 Å². The number of aryl methyl sites for hydroxylation is 2. The number of rotatable bonds is 6. The van der Waals surface area contributed by atoms with Crippen molar-refractivity contribution in [2.45, 2.75) is 20.5 Å². The van der Waals surface area contributed by atoms with Gasteiger partial charge in [-0.1, -0.05) is 30.3 Å². The van der Waals surface area contributed by atoms with E-state index in [4.69, 9.17) is 10.5 Å². The van der Waals surface area contributed by atoms with Crippen LogP contribution in [0, 0.1) is 13.8 Å². The van der Waals surface area contributed by atoms with Crippen LogP contribution in [0.15, 0.2) is 66.7 Å². The maximum absolute atomic E-state index is 13.2. The Morgan fingerprint density at radius 2 is 1.68 bits per heavy atom. The smallest absolute Gasteiger partial charge is 0.338 e. The highest BCUT2D eigenvalue weighted by Gasteiger charge is 2.38. The van der Waals surface area contributed by atoms with Crippen LogP contribution in [0.5, 0.6) is 0 Å². The summed E-state index contributed by atoms with van der Waals surface area (Å²) in [5.41, 5.74) is 9.24. The number of hydrogen-bond acceptors (Lipinski definition) is 9. The Morgan fingerprint density at radius 1 is 0.919 bits per heavy atom. The maximum Gasteiger partial charge on any atom is 0.338 e. The normalized spacial score (nSPS) is 12.4. The van der Waals surface area contributed by atoms with Crippen molar-refractivity contribution in [3.63, 3.8) is 0 Å². The van der Waals surface area contributed by atoms with E-state index in [1.807, 2.05) is 56.3 Å². The van der Waals surface area contributed by atoms with Crippen molar-refractivity contribution in [3.8, 4) is 0 Å². The molecule has 184 valence electrons. The molecule has 1 aliphatic rings. The lowest BCUT2D eigenvalue weighted by Gasteiger charge is -2.17. The Kier molecular flexibility index (Phi) is 6.06. The summed E-state index contributed by atoms with van der Waals surface area (Å²) < 4.78 is 5.36. The Hall–Kier alpha value is -5.12. The zero-order chi connectivity index (χ0) is 26.1. The van der Waals surface area contributed by atoms with E-state index in [1.54, 1.807) is 6.07 Å². The third-order valence-electron chi connectivity index (χ3n) is 5.79. The summed E-state index contributed by atoms with van der Waals surface area (Å²) in [4.78, 5) is 52.4. The lowest BCUT2D eigenvalue weighted by Crippen LogP contribution is -2.30. The number of esters is 1. The Balaban J connectivity index is 1.32. The molecule has 0 radical (unpaired) electrons. The van der Waals surface area contributed by atoms with Gasteiger partial charge >= 0.3 is 5.97 Å². The molecule has 1 aromatic heterocycles. The minimum absolute atomic E-state index is 0.0346. The van der Waals surface area contributed by atoms with Crippen molar-refractivity contribution in [2.75, 3.05) is 16.0 Å². The molecule has 3 N–H and O–H groups in total. The van der Waals surface area contributed by atoms with Gasteiger partial charge in [-0.25, -0.2) is 9.69 Å². The largest absolute Gasteiger partial charge is 0.454 e. The van der Waals surface area contributed by atoms with Crippen molar-refractivity contribution >= 4 is 41.1 Å². The topological polar surface area (TPSA) is 140 Å². The second-order valence-corrected chi connectivity index (χ2v) is 8.50. The number of ether oxygens (including phenoxy) is 1. The molecule has 5 rings (SSSR count). The van der Waals surface area contributed by atoms with Crippen LogP contribution in [0.3, 0.4) is 0 Å². The summed E-state index contributed by atoms with van der Waals surface area (Å²) in [7, 11) is 0. The predicted molar refractivity (Wildman–Crippen MR) is 137 cm³/mol. The van der Waals surface area contributed by atoms with E-state index in [0.29, 0.717) is 5.69 Å². The molecule has 0 aliphatic carbocycles. The van der Waals surface area contributed by atoms with Crippen molar-refractivity contribution in [2.24, 2.45) is 0 Å². The Labute approximate surface area is 212 Å². The summed E-state index contributed by atoms with van der Waals surface area (Å²) in [5, 5.41) is 3.01. The number of nitrogen functional groups attached to an aromatic ring is 1. The molecule has 0 bridgehead atoms. The lowest BCUT2D eigenvalue weighted by molar-refractivity contribution is 0.0462. The zero-order valence-electron chi connectivity index (χ0n) is 20.1. The number of nitrogens with one attached hydrogen (secondary N) is 1. The zero-order valence-corrected chi connectivity index (χ0v) is 20.1. The van der Waals surface area contributed by atoms with Gasteiger partial charge in [-0.2, -0.15) is 15.0 Å². The van der Waals surface area contributed by atoms with Gasteiger partial charge in [-0.05, 0) is 61.4 Å². The van der Waals surface area contributed by atoms with Gasteiger partial charge in [-0.3, -0.25) is 9.59 Å². The molecule has 2 heterocycles. The number of carbonyl (C=O) groups is 3. The fourth-order valence-corrected chi connectivity index (χ4v) is 3.97. The van der Waals surface area contributed by atoms with Gasteiger partial charge in [0.2, 0.25) is 11.9 Å². The quantitative estimate of drug-likeness (QED) is 0.301. The highest BCUT2D eigenvalue weighted by molar-refractivity contribution is 6.35. The van der Waals surface area contributed by atoms with E-state index in [9.17, 15) is 14.4 Å². The number of imide groups is 1. The molecule has 0 saturated heterocycles. The summed E-state index contributed by atoms with van der Waals surface area (Å²) in [6.45, 7) is 3.44. The van der Waals surface area contributed by atoms with Crippen molar-refractivity contribution in [1.82, 2.24) is 15.0 Å². The summed E-state index contributed by atoms with van der Waals surface area (Å²) >= 11 is 0. The minimum Gasteiger partial charge on any atom is -0.454 e. The van der Waals surface area contributed by atoms with E-state index in [1.165, 1.54) is 18.2 Å². The monoisotopic (exact) mass is 494 g/mol. The van der Waals surface area contributed by atoms with Crippen LogP contribution < -0.4 is 16.0 Å². The molecule has 1 aliphatic heterocycles. The molecule has 0 spiro atoms. The lowest BCUT2D eigenvalue weighted by atomic mass is 10.1. The Morgan fingerprint density at radius 3 is 2.46 bits per heavy atom. The van der Waals surface area contributed by atoms with Crippen LogP contribution in [0.2, 0.25) is 0 Å². The van der Waals surface area contributed by atoms with Gasteiger partial charge in [0, 0.05) is 5.69 Å². The van der Waals surface area contributed by atoms with Crippen molar-refractivity contribution in [3.05, 3.63) is 100 Å². The van der Waals surface area contributed by atoms with Gasteiger partial charge in [-0.15, -0.1) is 0 Å². The number of carbonyl (C=O) groups excluding carboxylic acids is 3. The molecule has 0 atom stereocenters. The maximum atomic E-state index is 13.2. The molecule has 10 heteroatoms. The molecule has 2 amide bonds. The minimum atomic E-state index is -0.704. The number of nitrogens with zero attached hydrogens (tertiary/aromatic N) is 4. The standard InChI is InChI=1S/C27H22N6O4/c1-15-8-9-16(2)21(12-15)33-23(34)19-11-10-17(13-20(19)24(33)35)25(36)37-14-22-30-26(28)32-27(31-22)29-18-6-4-3-5-7-18/h3-13H,14H2,1-2H3,(H3,28,29,30,31,32). The molecule has 0 unspecified atom stereocenters. The summed E-state index contributed by atoms with van der Waals surface area (Å²) in [6.07, 6.45) is 0. The number of amides is 2.